The van der Waals surface area contributed by atoms with Gasteiger partial charge < -0.3 is 4.74 Å². The summed E-state index contributed by atoms with van der Waals surface area (Å²) in [6.45, 7) is 0. The van der Waals surface area contributed by atoms with Crippen LogP contribution in [0.25, 0.3) is 15.9 Å². The predicted molar refractivity (Wildman–Crippen MR) is 132 cm³/mol. The average Bonchev–Trinajstić information content (AvgIpc) is 3.17. The van der Waals surface area contributed by atoms with Crippen molar-refractivity contribution < 1.29 is 4.74 Å². The minimum absolute atomic E-state index is 0.0415. The van der Waals surface area contributed by atoms with E-state index in [0.29, 0.717) is 5.75 Å². The van der Waals surface area contributed by atoms with Crippen molar-refractivity contribution in [1.29, 1.82) is 0 Å². The summed E-state index contributed by atoms with van der Waals surface area (Å²) in [6, 6.07) is 15.9. The fraction of sp³-hybridized carbons (Fsp3) is 0.250. The smallest absolute Gasteiger partial charge is 0.267 e. The fourth-order valence-corrected chi connectivity index (χ4v) is 6.53. The van der Waals surface area contributed by atoms with Crippen LogP contribution in [0.2, 0.25) is 0 Å². The number of hydrogen-bond donors (Lipinski definition) is 0. The Kier molecular flexibility index (Phi) is 5.91. The van der Waals surface area contributed by atoms with Gasteiger partial charge in [0.05, 0.1) is 18.2 Å². The van der Waals surface area contributed by atoms with Crippen molar-refractivity contribution in [2.45, 2.75) is 36.6 Å². The van der Waals surface area contributed by atoms with E-state index in [4.69, 9.17) is 9.72 Å². The van der Waals surface area contributed by atoms with Gasteiger partial charge in [-0.15, -0.1) is 11.3 Å². The van der Waals surface area contributed by atoms with E-state index in [1.165, 1.54) is 16.9 Å². The summed E-state index contributed by atoms with van der Waals surface area (Å²) >= 11 is 6.78. The monoisotopic (exact) mass is 512 g/mol. The molecule has 0 fully saturated rings. The van der Waals surface area contributed by atoms with E-state index in [0.717, 1.165) is 56.1 Å². The zero-order chi connectivity index (χ0) is 21.4. The number of halogens is 1. The highest BCUT2D eigenvalue weighted by Crippen LogP contribution is 2.36. The summed E-state index contributed by atoms with van der Waals surface area (Å²) in [7, 11) is 1.67. The summed E-state index contributed by atoms with van der Waals surface area (Å²) in [6.07, 6.45) is 4.37. The molecule has 0 amide bonds. The Hall–Kier alpha value is -2.09. The first-order valence-corrected chi connectivity index (χ1v) is 12.8. The van der Waals surface area contributed by atoms with E-state index in [-0.39, 0.29) is 5.56 Å². The molecule has 0 aliphatic heterocycles. The third kappa shape index (κ3) is 4.06. The minimum atomic E-state index is 0.0415. The minimum Gasteiger partial charge on any atom is -0.497 e. The Morgan fingerprint density at radius 3 is 2.77 bits per heavy atom. The predicted octanol–water partition coefficient (Wildman–Crippen LogP) is 6.39. The Bertz CT molecular complexity index is 1310. The van der Waals surface area contributed by atoms with E-state index in [2.05, 4.69) is 22.0 Å². The molecule has 31 heavy (non-hydrogen) atoms. The highest BCUT2D eigenvalue weighted by molar-refractivity contribution is 9.10. The van der Waals surface area contributed by atoms with E-state index in [1.54, 1.807) is 34.8 Å². The van der Waals surface area contributed by atoms with Crippen LogP contribution in [0.15, 0.2) is 63.0 Å². The molecule has 0 N–H and O–H groups in total. The zero-order valence-electron chi connectivity index (χ0n) is 17.1. The molecule has 0 unspecified atom stereocenters. The van der Waals surface area contributed by atoms with Gasteiger partial charge in [-0.3, -0.25) is 9.36 Å². The van der Waals surface area contributed by atoms with Crippen molar-refractivity contribution in [2.24, 2.45) is 0 Å². The third-order valence-electron chi connectivity index (χ3n) is 5.55. The molecule has 0 radical (unpaired) electrons. The van der Waals surface area contributed by atoms with Crippen molar-refractivity contribution in [1.82, 2.24) is 9.55 Å². The number of rotatable bonds is 5. The van der Waals surface area contributed by atoms with E-state index in [1.807, 2.05) is 42.5 Å². The highest BCUT2D eigenvalue weighted by atomic mass is 79.9. The van der Waals surface area contributed by atoms with Crippen LogP contribution >= 0.6 is 39.0 Å². The van der Waals surface area contributed by atoms with Crippen molar-refractivity contribution in [3.05, 3.63) is 79.4 Å². The molecule has 2 aromatic heterocycles. The molecule has 4 nitrogen and oxygen atoms in total. The summed E-state index contributed by atoms with van der Waals surface area (Å²) in [5.74, 6) is 1.54. The topological polar surface area (TPSA) is 44.1 Å². The van der Waals surface area contributed by atoms with Gasteiger partial charge in [0, 0.05) is 15.1 Å². The van der Waals surface area contributed by atoms with Gasteiger partial charge in [0.1, 0.15) is 10.6 Å². The lowest BCUT2D eigenvalue weighted by Gasteiger charge is -2.14. The van der Waals surface area contributed by atoms with E-state index < -0.39 is 0 Å². The second-order valence-corrected chi connectivity index (χ2v) is 10.5. The Morgan fingerprint density at radius 2 is 1.97 bits per heavy atom. The van der Waals surface area contributed by atoms with Gasteiger partial charge in [-0.25, -0.2) is 4.98 Å². The molecular formula is C24H21BrN2O2S2. The number of aryl methyl sites for hydroxylation is 2. The second kappa shape index (κ2) is 8.81. The molecule has 0 saturated heterocycles. The average molecular weight is 513 g/mol. The van der Waals surface area contributed by atoms with Crippen LogP contribution < -0.4 is 10.3 Å². The third-order valence-corrected chi connectivity index (χ3v) is 8.27. The SMILES string of the molecule is COc1cccc(CSc2nc3sc4c(c3c(=O)n2-c2ccc(Br)cc2)CCCC4)c1. The first-order chi connectivity index (χ1) is 15.1. The highest BCUT2D eigenvalue weighted by Gasteiger charge is 2.23. The normalized spacial score (nSPS) is 13.4. The molecule has 0 atom stereocenters. The van der Waals surface area contributed by atoms with Crippen LogP contribution in [0.3, 0.4) is 0 Å². The van der Waals surface area contributed by atoms with Gasteiger partial charge in [-0.1, -0.05) is 39.8 Å². The Morgan fingerprint density at radius 1 is 1.16 bits per heavy atom. The summed E-state index contributed by atoms with van der Waals surface area (Å²) < 4.78 is 8.11. The van der Waals surface area contributed by atoms with Gasteiger partial charge in [0.2, 0.25) is 0 Å². The molecule has 158 valence electrons. The molecule has 1 aliphatic rings. The maximum atomic E-state index is 13.8. The van der Waals surface area contributed by atoms with Gasteiger partial charge >= 0.3 is 0 Å². The number of methoxy groups -OCH3 is 1. The van der Waals surface area contributed by atoms with Crippen LogP contribution in [0.1, 0.15) is 28.8 Å². The number of aromatic nitrogens is 2. The maximum absolute atomic E-state index is 13.8. The van der Waals surface area contributed by atoms with Gasteiger partial charge in [0.25, 0.3) is 5.56 Å². The van der Waals surface area contributed by atoms with Crippen LogP contribution in [0.4, 0.5) is 0 Å². The Balaban J connectivity index is 1.63. The largest absolute Gasteiger partial charge is 0.497 e. The van der Waals surface area contributed by atoms with E-state index in [9.17, 15) is 4.79 Å². The van der Waals surface area contributed by atoms with Crippen LogP contribution in [-0.4, -0.2) is 16.7 Å². The lowest BCUT2D eigenvalue weighted by atomic mass is 9.97. The standard InChI is InChI=1S/C24H21BrN2O2S2/c1-29-18-6-4-5-15(13-18)14-30-24-26-22-21(19-7-2-3-8-20(19)31-22)23(28)27(24)17-11-9-16(25)10-12-17/h4-6,9-13H,2-3,7-8,14H2,1H3. The van der Waals surface area contributed by atoms with Crippen molar-refractivity contribution in [3.63, 3.8) is 0 Å². The van der Waals surface area contributed by atoms with Crippen LogP contribution in [0.5, 0.6) is 5.75 Å². The number of ether oxygens (including phenoxy) is 1. The fourth-order valence-electron chi connectivity index (χ4n) is 4.01. The first-order valence-electron chi connectivity index (χ1n) is 10.2. The van der Waals surface area contributed by atoms with Gasteiger partial charge in [0.15, 0.2) is 5.16 Å². The number of thiophene rings is 1. The summed E-state index contributed by atoms with van der Waals surface area (Å²) in [5.41, 5.74) is 3.23. The van der Waals surface area contributed by atoms with E-state index >= 15 is 0 Å². The maximum Gasteiger partial charge on any atom is 0.267 e. The molecule has 1 aliphatic carbocycles. The van der Waals surface area contributed by atoms with Crippen molar-refractivity contribution in [3.8, 4) is 11.4 Å². The lowest BCUT2D eigenvalue weighted by molar-refractivity contribution is 0.414. The summed E-state index contributed by atoms with van der Waals surface area (Å²) in [4.78, 5) is 21.0. The number of benzene rings is 2. The molecule has 0 spiro atoms. The molecular weight excluding hydrogens is 492 g/mol. The Labute approximate surface area is 197 Å². The van der Waals surface area contributed by atoms with Crippen LogP contribution in [-0.2, 0) is 18.6 Å². The lowest BCUT2D eigenvalue weighted by Crippen LogP contribution is -2.22. The molecule has 0 saturated carbocycles. The molecule has 2 aromatic carbocycles. The second-order valence-electron chi connectivity index (χ2n) is 7.54. The molecule has 4 aromatic rings. The molecule has 2 heterocycles. The molecule has 5 rings (SSSR count). The zero-order valence-corrected chi connectivity index (χ0v) is 20.3. The van der Waals surface area contributed by atoms with Gasteiger partial charge in [-0.2, -0.15) is 0 Å². The van der Waals surface area contributed by atoms with Crippen molar-refractivity contribution in [2.75, 3.05) is 7.11 Å². The number of thioether (sulfide) groups is 1. The first kappa shape index (κ1) is 20.8. The quantitative estimate of drug-likeness (QED) is 0.229. The van der Waals surface area contributed by atoms with Gasteiger partial charge in [-0.05, 0) is 73.2 Å². The number of nitrogens with zero attached hydrogens (tertiary/aromatic N) is 2. The number of hydrogen-bond acceptors (Lipinski definition) is 5. The van der Waals surface area contributed by atoms with Crippen LogP contribution in [0, 0.1) is 0 Å². The van der Waals surface area contributed by atoms with Crippen molar-refractivity contribution >= 4 is 49.2 Å². The number of fused-ring (bicyclic) bond motifs is 3. The summed E-state index contributed by atoms with van der Waals surface area (Å²) in [5, 5.41) is 1.54. The molecule has 7 heteroatoms. The molecule has 0 bridgehead atoms.